The maximum atomic E-state index is 12.3. The van der Waals surface area contributed by atoms with Gasteiger partial charge in [-0.3, -0.25) is 9.59 Å². The summed E-state index contributed by atoms with van der Waals surface area (Å²) in [6.07, 6.45) is -6.37. The molecule has 2 N–H and O–H groups in total. The van der Waals surface area contributed by atoms with E-state index in [4.69, 9.17) is 5.11 Å². The average molecular weight is 341 g/mol. The van der Waals surface area contributed by atoms with Gasteiger partial charge < -0.3 is 10.4 Å². The standard InChI is InChI=1S/C15H14F3N3O3/c1-9-3-2-4-10(7-9)21-14(24)11(5-6-20-21)13(23)19-8-12(22)15(16,17)18/h2-7,12,22H,8H2,1H3,(H,19,23). The monoisotopic (exact) mass is 341 g/mol. The minimum Gasteiger partial charge on any atom is -0.382 e. The zero-order chi connectivity index (χ0) is 17.9. The highest BCUT2D eigenvalue weighted by molar-refractivity contribution is 5.93. The number of aliphatic hydroxyl groups excluding tert-OH is 1. The zero-order valence-corrected chi connectivity index (χ0v) is 12.5. The molecule has 0 saturated heterocycles. The van der Waals surface area contributed by atoms with E-state index in [9.17, 15) is 22.8 Å². The number of nitrogens with one attached hydrogen (secondary N) is 1. The lowest BCUT2D eigenvalue weighted by Crippen LogP contribution is -2.42. The van der Waals surface area contributed by atoms with Gasteiger partial charge in [0.25, 0.3) is 11.5 Å². The predicted octanol–water partition coefficient (Wildman–Crippen LogP) is 1.19. The van der Waals surface area contributed by atoms with Crippen LogP contribution in [-0.4, -0.2) is 39.6 Å². The Morgan fingerprint density at radius 2 is 2.08 bits per heavy atom. The van der Waals surface area contributed by atoms with Crippen molar-refractivity contribution in [2.24, 2.45) is 0 Å². The van der Waals surface area contributed by atoms with Crippen molar-refractivity contribution < 1.29 is 23.1 Å². The fourth-order valence-corrected chi connectivity index (χ4v) is 1.93. The summed E-state index contributed by atoms with van der Waals surface area (Å²) < 4.78 is 37.7. The topological polar surface area (TPSA) is 84.2 Å². The summed E-state index contributed by atoms with van der Waals surface area (Å²) in [5, 5.41) is 14.6. The molecule has 128 valence electrons. The quantitative estimate of drug-likeness (QED) is 0.875. The van der Waals surface area contributed by atoms with Crippen molar-refractivity contribution in [2.75, 3.05) is 6.54 Å². The number of aliphatic hydroxyl groups is 1. The number of hydrogen-bond acceptors (Lipinski definition) is 4. The molecular formula is C15H14F3N3O3. The van der Waals surface area contributed by atoms with Gasteiger partial charge in [0, 0.05) is 6.20 Å². The molecule has 0 saturated carbocycles. The van der Waals surface area contributed by atoms with Crippen LogP contribution < -0.4 is 10.9 Å². The molecule has 2 rings (SSSR count). The van der Waals surface area contributed by atoms with E-state index in [-0.39, 0.29) is 5.56 Å². The Morgan fingerprint density at radius 3 is 2.71 bits per heavy atom. The van der Waals surface area contributed by atoms with Gasteiger partial charge >= 0.3 is 6.18 Å². The van der Waals surface area contributed by atoms with Gasteiger partial charge in [0.2, 0.25) is 0 Å². The highest BCUT2D eigenvalue weighted by Crippen LogP contribution is 2.19. The van der Waals surface area contributed by atoms with Crippen LogP contribution in [0.2, 0.25) is 0 Å². The molecule has 1 aromatic heterocycles. The van der Waals surface area contributed by atoms with Crippen molar-refractivity contribution >= 4 is 5.91 Å². The predicted molar refractivity (Wildman–Crippen MR) is 79.0 cm³/mol. The van der Waals surface area contributed by atoms with Crippen LogP contribution in [0.4, 0.5) is 13.2 Å². The second kappa shape index (κ2) is 6.83. The molecule has 1 atom stereocenters. The molecule has 0 bridgehead atoms. The Hall–Kier alpha value is -2.68. The molecular weight excluding hydrogens is 327 g/mol. The molecule has 2 aromatic rings. The van der Waals surface area contributed by atoms with E-state index >= 15 is 0 Å². The molecule has 0 spiro atoms. The Labute approximate surface area is 134 Å². The number of hydrogen-bond donors (Lipinski definition) is 2. The highest BCUT2D eigenvalue weighted by atomic mass is 19.4. The van der Waals surface area contributed by atoms with Crippen molar-refractivity contribution in [3.8, 4) is 5.69 Å². The molecule has 6 nitrogen and oxygen atoms in total. The van der Waals surface area contributed by atoms with E-state index in [1.54, 1.807) is 18.2 Å². The first-order valence-electron chi connectivity index (χ1n) is 6.88. The van der Waals surface area contributed by atoms with E-state index < -0.39 is 30.3 Å². The highest BCUT2D eigenvalue weighted by Gasteiger charge is 2.38. The average Bonchev–Trinajstić information content (AvgIpc) is 2.51. The van der Waals surface area contributed by atoms with E-state index in [0.29, 0.717) is 5.69 Å². The Bertz CT molecular complexity index is 802. The fraction of sp³-hybridized carbons (Fsp3) is 0.267. The van der Waals surface area contributed by atoms with E-state index in [0.717, 1.165) is 16.3 Å². The van der Waals surface area contributed by atoms with Crippen LogP contribution in [0.15, 0.2) is 41.3 Å². The molecule has 1 amide bonds. The number of rotatable bonds is 4. The van der Waals surface area contributed by atoms with Crippen LogP contribution in [0.5, 0.6) is 0 Å². The summed E-state index contributed by atoms with van der Waals surface area (Å²) in [4.78, 5) is 24.2. The Morgan fingerprint density at radius 1 is 1.38 bits per heavy atom. The number of nitrogens with zero attached hydrogens (tertiary/aromatic N) is 2. The van der Waals surface area contributed by atoms with Crippen LogP contribution >= 0.6 is 0 Å². The molecule has 0 radical (unpaired) electrons. The van der Waals surface area contributed by atoms with Gasteiger partial charge in [-0.05, 0) is 30.7 Å². The zero-order valence-electron chi connectivity index (χ0n) is 12.5. The van der Waals surface area contributed by atoms with Crippen LogP contribution in [0, 0.1) is 6.92 Å². The van der Waals surface area contributed by atoms with Gasteiger partial charge in [-0.25, -0.2) is 0 Å². The lowest BCUT2D eigenvalue weighted by Gasteiger charge is -2.15. The Balaban J connectivity index is 2.25. The number of aryl methyl sites for hydroxylation is 1. The summed E-state index contributed by atoms with van der Waals surface area (Å²) in [7, 11) is 0. The molecule has 24 heavy (non-hydrogen) atoms. The molecule has 0 aliphatic rings. The number of carbonyl (C=O) groups is 1. The van der Waals surface area contributed by atoms with Gasteiger partial charge in [-0.1, -0.05) is 12.1 Å². The van der Waals surface area contributed by atoms with Gasteiger partial charge in [0.15, 0.2) is 6.10 Å². The third kappa shape index (κ3) is 3.99. The number of halogens is 3. The number of alkyl halides is 3. The minimum atomic E-state index is -4.85. The second-order valence-corrected chi connectivity index (χ2v) is 5.07. The van der Waals surface area contributed by atoms with E-state index in [2.05, 4.69) is 5.10 Å². The molecule has 0 aliphatic heterocycles. The second-order valence-electron chi connectivity index (χ2n) is 5.07. The van der Waals surface area contributed by atoms with Gasteiger partial charge in [0.05, 0.1) is 12.2 Å². The van der Waals surface area contributed by atoms with Gasteiger partial charge in [0.1, 0.15) is 5.56 Å². The smallest absolute Gasteiger partial charge is 0.382 e. The number of benzene rings is 1. The fourth-order valence-electron chi connectivity index (χ4n) is 1.93. The summed E-state index contributed by atoms with van der Waals surface area (Å²) >= 11 is 0. The first kappa shape index (κ1) is 17.7. The summed E-state index contributed by atoms with van der Waals surface area (Å²) in [5.41, 5.74) is 0.136. The maximum Gasteiger partial charge on any atom is 0.416 e. The lowest BCUT2D eigenvalue weighted by atomic mass is 10.2. The molecule has 1 unspecified atom stereocenters. The van der Waals surface area contributed by atoms with Crippen LogP contribution in [0.3, 0.4) is 0 Å². The summed E-state index contributed by atoms with van der Waals surface area (Å²) in [6.45, 7) is 0.762. The number of carbonyl (C=O) groups excluding carboxylic acids is 1. The van der Waals surface area contributed by atoms with Crippen molar-refractivity contribution in [2.45, 2.75) is 19.2 Å². The van der Waals surface area contributed by atoms with Gasteiger partial charge in [-0.15, -0.1) is 0 Å². The third-order valence-electron chi connectivity index (χ3n) is 3.17. The van der Waals surface area contributed by atoms with Crippen molar-refractivity contribution in [1.29, 1.82) is 0 Å². The number of amides is 1. The van der Waals surface area contributed by atoms with Crippen molar-refractivity contribution in [1.82, 2.24) is 15.1 Å². The summed E-state index contributed by atoms with van der Waals surface area (Å²) in [6, 6.07) is 7.89. The maximum absolute atomic E-state index is 12.3. The van der Waals surface area contributed by atoms with Crippen molar-refractivity contribution in [3.05, 3.63) is 58.0 Å². The molecule has 9 heteroatoms. The minimum absolute atomic E-state index is 0.374. The number of aromatic nitrogens is 2. The van der Waals surface area contributed by atoms with Crippen LogP contribution in [0.1, 0.15) is 15.9 Å². The Kier molecular flexibility index (Phi) is 5.03. The molecule has 0 fully saturated rings. The summed E-state index contributed by atoms with van der Waals surface area (Å²) in [5.74, 6) is -1.02. The molecule has 1 heterocycles. The largest absolute Gasteiger partial charge is 0.416 e. The first-order valence-corrected chi connectivity index (χ1v) is 6.88. The molecule has 0 aliphatic carbocycles. The van der Waals surface area contributed by atoms with E-state index in [1.807, 2.05) is 18.3 Å². The SMILES string of the molecule is Cc1cccc(-n2nccc(C(=O)NCC(O)C(F)(F)F)c2=O)c1. The molecule has 1 aromatic carbocycles. The van der Waals surface area contributed by atoms with E-state index in [1.165, 1.54) is 6.20 Å². The lowest BCUT2D eigenvalue weighted by molar-refractivity contribution is -0.201. The van der Waals surface area contributed by atoms with Crippen LogP contribution in [0.25, 0.3) is 5.69 Å². The normalized spacial score (nSPS) is 12.7. The first-order chi connectivity index (χ1) is 11.2. The van der Waals surface area contributed by atoms with Crippen LogP contribution in [-0.2, 0) is 0 Å². The third-order valence-corrected chi connectivity index (χ3v) is 3.17. The van der Waals surface area contributed by atoms with Gasteiger partial charge in [-0.2, -0.15) is 23.0 Å². The van der Waals surface area contributed by atoms with Crippen molar-refractivity contribution in [3.63, 3.8) is 0 Å².